The van der Waals surface area contributed by atoms with Crippen LogP contribution in [0.2, 0.25) is 0 Å². The van der Waals surface area contributed by atoms with Gasteiger partial charge in [-0.15, -0.1) is 11.8 Å². The van der Waals surface area contributed by atoms with Crippen LogP contribution >= 0.6 is 11.8 Å². The van der Waals surface area contributed by atoms with Gasteiger partial charge in [-0.1, -0.05) is 18.2 Å². The number of thioether (sulfide) groups is 1. The number of nitrogens with one attached hydrogen (secondary N) is 1. The topological polar surface area (TPSA) is 92.5 Å². The predicted octanol–water partition coefficient (Wildman–Crippen LogP) is 3.56. The maximum absolute atomic E-state index is 12.6. The summed E-state index contributed by atoms with van der Waals surface area (Å²) in [5.41, 5.74) is 0.692. The first kappa shape index (κ1) is 18.9. The van der Waals surface area contributed by atoms with Crippen LogP contribution in [-0.4, -0.2) is 40.5 Å². The fourth-order valence-corrected chi connectivity index (χ4v) is 3.83. The Morgan fingerprint density at radius 1 is 1.11 bits per heavy atom. The lowest BCUT2D eigenvalue weighted by molar-refractivity contribution is -0.384. The summed E-state index contributed by atoms with van der Waals surface area (Å²) in [6.45, 7) is 1.60. The smallest absolute Gasteiger partial charge is 0.271 e. The molecule has 7 nitrogen and oxygen atoms in total. The van der Waals surface area contributed by atoms with Crippen LogP contribution in [0.15, 0.2) is 53.4 Å². The van der Waals surface area contributed by atoms with Crippen molar-refractivity contribution in [3.8, 4) is 0 Å². The van der Waals surface area contributed by atoms with Gasteiger partial charge in [0.15, 0.2) is 0 Å². The molecule has 0 radical (unpaired) electrons. The molecule has 27 heavy (non-hydrogen) atoms. The van der Waals surface area contributed by atoms with Crippen LogP contribution < -0.4 is 5.32 Å². The zero-order valence-corrected chi connectivity index (χ0v) is 15.4. The van der Waals surface area contributed by atoms with Crippen LogP contribution in [0.3, 0.4) is 0 Å². The van der Waals surface area contributed by atoms with Gasteiger partial charge in [0.2, 0.25) is 5.91 Å². The van der Waals surface area contributed by atoms with Crippen molar-refractivity contribution >= 4 is 35.0 Å². The minimum Gasteiger partial charge on any atom is -0.342 e. The lowest BCUT2D eigenvalue weighted by Gasteiger charge is -2.15. The maximum atomic E-state index is 12.6. The van der Waals surface area contributed by atoms with Gasteiger partial charge in [0, 0.05) is 35.8 Å². The van der Waals surface area contributed by atoms with E-state index in [1.807, 2.05) is 11.0 Å². The molecule has 1 aliphatic rings. The van der Waals surface area contributed by atoms with E-state index in [2.05, 4.69) is 5.32 Å². The Bertz CT molecular complexity index is 866. The van der Waals surface area contributed by atoms with Crippen molar-refractivity contribution in [1.82, 2.24) is 4.90 Å². The van der Waals surface area contributed by atoms with Gasteiger partial charge in [-0.3, -0.25) is 19.7 Å². The summed E-state index contributed by atoms with van der Waals surface area (Å²) in [6, 6.07) is 12.8. The van der Waals surface area contributed by atoms with Crippen molar-refractivity contribution in [3.63, 3.8) is 0 Å². The van der Waals surface area contributed by atoms with Crippen molar-refractivity contribution < 1.29 is 14.5 Å². The van der Waals surface area contributed by atoms with Crippen LogP contribution in [0.25, 0.3) is 0 Å². The van der Waals surface area contributed by atoms with E-state index >= 15 is 0 Å². The number of carbonyl (C=O) groups excluding carboxylic acids is 2. The number of amides is 2. The summed E-state index contributed by atoms with van der Waals surface area (Å²) in [6.07, 6.45) is 2.08. The zero-order chi connectivity index (χ0) is 19.2. The number of hydrogen-bond donors (Lipinski definition) is 1. The molecule has 0 aromatic heterocycles. The van der Waals surface area contributed by atoms with E-state index < -0.39 is 4.92 Å². The van der Waals surface area contributed by atoms with Crippen molar-refractivity contribution in [2.24, 2.45) is 0 Å². The first-order chi connectivity index (χ1) is 13.0. The molecule has 0 aliphatic carbocycles. The SMILES string of the molecule is O=C(Nc1cccc([N+](=O)[O-])c1)c1ccccc1SCC(=O)N1CCCC1. The molecule has 2 aromatic carbocycles. The first-order valence-electron chi connectivity index (χ1n) is 8.60. The van der Waals surface area contributed by atoms with Crippen LogP contribution in [0.4, 0.5) is 11.4 Å². The van der Waals surface area contributed by atoms with Crippen molar-refractivity contribution in [2.75, 3.05) is 24.2 Å². The lowest BCUT2D eigenvalue weighted by Crippen LogP contribution is -2.29. The average molecular weight is 385 g/mol. The summed E-state index contributed by atoms with van der Waals surface area (Å²) in [5, 5.41) is 13.6. The van der Waals surface area contributed by atoms with Gasteiger partial charge in [-0.2, -0.15) is 0 Å². The van der Waals surface area contributed by atoms with Crippen LogP contribution in [0, 0.1) is 10.1 Å². The normalized spacial score (nSPS) is 13.4. The van der Waals surface area contributed by atoms with Gasteiger partial charge < -0.3 is 10.2 Å². The Morgan fingerprint density at radius 2 is 1.85 bits per heavy atom. The van der Waals surface area contributed by atoms with Crippen LogP contribution in [-0.2, 0) is 4.79 Å². The molecular formula is C19H19N3O4S. The Hall–Kier alpha value is -2.87. The van der Waals surface area contributed by atoms with E-state index in [4.69, 9.17) is 0 Å². The molecule has 8 heteroatoms. The number of carbonyl (C=O) groups is 2. The number of nitrogens with zero attached hydrogens (tertiary/aromatic N) is 2. The fourth-order valence-electron chi connectivity index (χ4n) is 2.87. The van der Waals surface area contributed by atoms with Gasteiger partial charge in [0.25, 0.3) is 11.6 Å². The van der Waals surface area contributed by atoms with Gasteiger partial charge >= 0.3 is 0 Å². The van der Waals surface area contributed by atoms with Gasteiger partial charge in [-0.25, -0.2) is 0 Å². The number of benzene rings is 2. The third-order valence-electron chi connectivity index (χ3n) is 4.26. The molecule has 2 amide bonds. The highest BCUT2D eigenvalue weighted by Gasteiger charge is 2.19. The van der Waals surface area contributed by atoms with Crippen molar-refractivity contribution in [3.05, 3.63) is 64.2 Å². The minimum atomic E-state index is -0.510. The summed E-state index contributed by atoms with van der Waals surface area (Å²) in [7, 11) is 0. The number of likely N-dealkylation sites (tertiary alicyclic amines) is 1. The van der Waals surface area contributed by atoms with Crippen LogP contribution in [0.1, 0.15) is 23.2 Å². The molecular weight excluding hydrogens is 366 g/mol. The molecule has 2 aromatic rings. The minimum absolute atomic E-state index is 0.0754. The quantitative estimate of drug-likeness (QED) is 0.466. The molecule has 1 saturated heterocycles. The molecule has 1 N–H and O–H groups in total. The number of nitro groups is 1. The van der Waals surface area contributed by atoms with Gasteiger partial charge in [-0.05, 0) is 31.0 Å². The van der Waals surface area contributed by atoms with Crippen molar-refractivity contribution in [1.29, 1.82) is 0 Å². The zero-order valence-electron chi connectivity index (χ0n) is 14.6. The maximum Gasteiger partial charge on any atom is 0.271 e. The van der Waals surface area contributed by atoms with E-state index in [-0.39, 0.29) is 23.3 Å². The van der Waals surface area contributed by atoms with E-state index in [9.17, 15) is 19.7 Å². The second kappa shape index (κ2) is 8.68. The molecule has 1 heterocycles. The second-order valence-corrected chi connectivity index (χ2v) is 7.15. The molecule has 0 saturated carbocycles. The molecule has 3 rings (SSSR count). The highest BCUT2D eigenvalue weighted by atomic mass is 32.2. The van der Waals surface area contributed by atoms with E-state index in [0.717, 1.165) is 25.9 Å². The largest absolute Gasteiger partial charge is 0.342 e. The molecule has 1 aliphatic heterocycles. The Labute approximate surface area is 160 Å². The number of nitro benzene ring substituents is 1. The second-order valence-electron chi connectivity index (χ2n) is 6.13. The molecule has 0 spiro atoms. The lowest BCUT2D eigenvalue weighted by atomic mass is 10.2. The number of rotatable bonds is 6. The van der Waals surface area contributed by atoms with E-state index in [1.54, 1.807) is 24.3 Å². The third-order valence-corrected chi connectivity index (χ3v) is 5.31. The third kappa shape index (κ3) is 4.85. The number of anilines is 1. The molecule has 1 fully saturated rings. The Balaban J connectivity index is 1.69. The fraction of sp³-hybridized carbons (Fsp3) is 0.263. The van der Waals surface area contributed by atoms with E-state index in [0.29, 0.717) is 16.1 Å². The number of hydrogen-bond acceptors (Lipinski definition) is 5. The highest BCUT2D eigenvalue weighted by molar-refractivity contribution is 8.00. The molecule has 0 bridgehead atoms. The van der Waals surface area contributed by atoms with Crippen molar-refractivity contribution in [2.45, 2.75) is 17.7 Å². The Kier molecular flexibility index (Phi) is 6.08. The highest BCUT2D eigenvalue weighted by Crippen LogP contribution is 2.25. The summed E-state index contributed by atoms with van der Waals surface area (Å²) >= 11 is 1.33. The first-order valence-corrected chi connectivity index (χ1v) is 9.58. The van der Waals surface area contributed by atoms with Gasteiger partial charge in [0.1, 0.15) is 0 Å². The average Bonchev–Trinajstić information content (AvgIpc) is 3.21. The standard InChI is InChI=1S/C19H19N3O4S/c23-18(21-10-3-4-11-21)13-27-17-9-2-1-8-16(17)19(24)20-14-6-5-7-15(12-14)22(25)26/h1-2,5-9,12H,3-4,10-11,13H2,(H,20,24). The predicted molar refractivity (Wildman–Crippen MR) is 104 cm³/mol. The monoisotopic (exact) mass is 385 g/mol. The Morgan fingerprint density at radius 3 is 2.59 bits per heavy atom. The number of non-ortho nitro benzene ring substituents is 1. The van der Waals surface area contributed by atoms with Crippen LogP contribution in [0.5, 0.6) is 0 Å². The summed E-state index contributed by atoms with van der Waals surface area (Å²) in [5.74, 6) is -0.0141. The molecule has 140 valence electrons. The molecule has 0 atom stereocenters. The summed E-state index contributed by atoms with van der Waals surface area (Å²) < 4.78 is 0. The summed E-state index contributed by atoms with van der Waals surface area (Å²) in [4.78, 5) is 37.8. The van der Waals surface area contributed by atoms with Gasteiger partial charge in [0.05, 0.1) is 16.2 Å². The van der Waals surface area contributed by atoms with E-state index in [1.165, 1.54) is 30.0 Å². The molecule has 0 unspecified atom stereocenters.